The Labute approximate surface area is 192 Å². The molecule has 1 fully saturated rings. The summed E-state index contributed by atoms with van der Waals surface area (Å²) in [6.45, 7) is 4.93. The Balaban J connectivity index is 1.53. The molecule has 0 aromatic heterocycles. The van der Waals surface area contributed by atoms with E-state index in [1.54, 1.807) is 22.5 Å². The highest BCUT2D eigenvalue weighted by atomic mass is 32.2. The highest BCUT2D eigenvalue weighted by molar-refractivity contribution is 7.89. The molecule has 1 unspecified atom stereocenters. The van der Waals surface area contributed by atoms with Crippen LogP contribution in [0.5, 0.6) is 0 Å². The van der Waals surface area contributed by atoms with Crippen molar-refractivity contribution in [2.75, 3.05) is 13.1 Å². The van der Waals surface area contributed by atoms with Gasteiger partial charge in [0.25, 0.3) is 5.91 Å². The maximum absolute atomic E-state index is 13.2. The Bertz CT molecular complexity index is 1090. The number of benzene rings is 2. The van der Waals surface area contributed by atoms with Crippen LogP contribution in [0.4, 0.5) is 0 Å². The first-order valence-corrected chi connectivity index (χ1v) is 13.3. The van der Waals surface area contributed by atoms with Crippen LogP contribution in [-0.4, -0.2) is 31.7 Å². The first-order valence-electron chi connectivity index (χ1n) is 11.9. The van der Waals surface area contributed by atoms with E-state index >= 15 is 0 Å². The Morgan fingerprint density at radius 2 is 1.59 bits per heavy atom. The Morgan fingerprint density at radius 1 is 0.906 bits per heavy atom. The molecular formula is C26H34N2O3S. The van der Waals surface area contributed by atoms with Gasteiger partial charge in [0.05, 0.1) is 10.9 Å². The molecule has 32 heavy (non-hydrogen) atoms. The van der Waals surface area contributed by atoms with Crippen LogP contribution in [0.3, 0.4) is 0 Å². The molecule has 2 aromatic carbocycles. The molecular weight excluding hydrogens is 420 g/mol. The number of nitrogens with one attached hydrogen (secondary N) is 1. The summed E-state index contributed by atoms with van der Waals surface area (Å²) in [5.74, 6) is -0.236. The van der Waals surface area contributed by atoms with Crippen molar-refractivity contribution >= 4 is 15.9 Å². The minimum absolute atomic E-state index is 0.153. The number of hydrogen-bond donors (Lipinski definition) is 1. The van der Waals surface area contributed by atoms with Crippen molar-refractivity contribution in [3.05, 3.63) is 64.2 Å². The number of hydrogen-bond acceptors (Lipinski definition) is 3. The summed E-state index contributed by atoms with van der Waals surface area (Å²) in [5.41, 5.74) is 5.09. The average molecular weight is 455 g/mol. The molecule has 0 spiro atoms. The minimum Gasteiger partial charge on any atom is -0.346 e. The van der Waals surface area contributed by atoms with Gasteiger partial charge in [0.15, 0.2) is 0 Å². The molecule has 4 rings (SSSR count). The standard InChI is InChI=1S/C26H34N2O3S/c1-19-11-14-24(32(30,31)28-15-7-3-4-8-16-28)18-25(19)26(29)27-20(2)22-13-12-21-9-5-6-10-23(21)17-22/h11-14,17-18,20H,3-10,15-16H2,1-2H3,(H,27,29). The zero-order valence-corrected chi connectivity index (χ0v) is 20.0. The molecule has 2 aliphatic rings. The molecule has 1 aliphatic heterocycles. The zero-order chi connectivity index (χ0) is 22.7. The fourth-order valence-corrected chi connectivity index (χ4v) is 6.36. The Kier molecular flexibility index (Phi) is 7.01. The third-order valence-corrected chi connectivity index (χ3v) is 8.77. The fourth-order valence-electron chi connectivity index (χ4n) is 4.82. The monoisotopic (exact) mass is 454 g/mol. The molecule has 1 amide bonds. The molecule has 0 saturated carbocycles. The summed E-state index contributed by atoms with van der Waals surface area (Å²) in [6.07, 6.45) is 8.59. The summed E-state index contributed by atoms with van der Waals surface area (Å²) in [4.78, 5) is 13.3. The van der Waals surface area contributed by atoms with E-state index in [0.29, 0.717) is 18.7 Å². The summed E-state index contributed by atoms with van der Waals surface area (Å²) < 4.78 is 28.0. The molecule has 1 atom stereocenters. The summed E-state index contributed by atoms with van der Waals surface area (Å²) >= 11 is 0. The van der Waals surface area contributed by atoms with Crippen LogP contribution >= 0.6 is 0 Å². The number of carbonyl (C=O) groups excluding carboxylic acids is 1. The second-order valence-electron chi connectivity index (χ2n) is 9.23. The lowest BCUT2D eigenvalue weighted by molar-refractivity contribution is 0.0939. The molecule has 6 heteroatoms. The van der Waals surface area contributed by atoms with Crippen LogP contribution in [0.25, 0.3) is 0 Å². The number of carbonyl (C=O) groups is 1. The number of fused-ring (bicyclic) bond motifs is 1. The van der Waals surface area contributed by atoms with E-state index in [1.165, 1.54) is 24.0 Å². The summed E-state index contributed by atoms with van der Waals surface area (Å²) in [6, 6.07) is 11.3. The topological polar surface area (TPSA) is 66.5 Å². The van der Waals surface area contributed by atoms with Crippen molar-refractivity contribution in [3.63, 3.8) is 0 Å². The number of sulfonamides is 1. The number of nitrogens with zero attached hydrogens (tertiary/aromatic N) is 1. The van der Waals surface area contributed by atoms with Crippen molar-refractivity contribution in [2.24, 2.45) is 0 Å². The van der Waals surface area contributed by atoms with Gasteiger partial charge in [0.2, 0.25) is 10.0 Å². The first kappa shape index (κ1) is 23.0. The predicted octanol–water partition coefficient (Wildman–Crippen LogP) is 4.93. The van der Waals surface area contributed by atoms with Crippen LogP contribution in [0.2, 0.25) is 0 Å². The normalized spacial score (nSPS) is 18.4. The molecule has 172 valence electrons. The molecule has 5 nitrogen and oxygen atoms in total. The quantitative estimate of drug-likeness (QED) is 0.697. The Hall–Kier alpha value is -2.18. The lowest BCUT2D eigenvalue weighted by Gasteiger charge is -2.22. The lowest BCUT2D eigenvalue weighted by Crippen LogP contribution is -2.32. The van der Waals surface area contributed by atoms with Gasteiger partial charge in [-0.1, -0.05) is 37.1 Å². The fraction of sp³-hybridized carbons (Fsp3) is 0.500. The lowest BCUT2D eigenvalue weighted by atomic mass is 9.89. The van der Waals surface area contributed by atoms with Gasteiger partial charge in [-0.15, -0.1) is 0 Å². The van der Waals surface area contributed by atoms with Gasteiger partial charge in [-0.25, -0.2) is 8.42 Å². The largest absolute Gasteiger partial charge is 0.346 e. The highest BCUT2D eigenvalue weighted by Crippen LogP contribution is 2.26. The second kappa shape index (κ2) is 9.75. The van der Waals surface area contributed by atoms with Gasteiger partial charge in [-0.2, -0.15) is 4.31 Å². The van der Waals surface area contributed by atoms with E-state index in [4.69, 9.17) is 0 Å². The third kappa shape index (κ3) is 4.91. The number of rotatable bonds is 5. The van der Waals surface area contributed by atoms with Crippen LogP contribution in [0.15, 0.2) is 41.3 Å². The number of amides is 1. The van der Waals surface area contributed by atoms with Crippen LogP contribution in [-0.2, 0) is 22.9 Å². The van der Waals surface area contributed by atoms with Gasteiger partial charge in [0, 0.05) is 18.7 Å². The van der Waals surface area contributed by atoms with Gasteiger partial charge in [-0.3, -0.25) is 4.79 Å². The van der Waals surface area contributed by atoms with Crippen LogP contribution in [0, 0.1) is 6.92 Å². The van der Waals surface area contributed by atoms with Crippen LogP contribution in [0.1, 0.15) is 84.1 Å². The van der Waals surface area contributed by atoms with Crippen molar-refractivity contribution in [1.29, 1.82) is 0 Å². The van der Waals surface area contributed by atoms with E-state index in [2.05, 4.69) is 23.5 Å². The van der Waals surface area contributed by atoms with Gasteiger partial charge in [-0.05, 0) is 86.8 Å². The Morgan fingerprint density at radius 3 is 2.31 bits per heavy atom. The zero-order valence-electron chi connectivity index (χ0n) is 19.2. The second-order valence-corrected chi connectivity index (χ2v) is 11.2. The molecule has 1 N–H and O–H groups in total. The molecule has 0 radical (unpaired) electrons. The predicted molar refractivity (Wildman–Crippen MR) is 127 cm³/mol. The minimum atomic E-state index is -3.60. The van der Waals surface area contributed by atoms with Crippen molar-refractivity contribution in [2.45, 2.75) is 76.2 Å². The molecule has 1 heterocycles. The van der Waals surface area contributed by atoms with E-state index in [9.17, 15) is 13.2 Å². The van der Waals surface area contributed by atoms with Gasteiger partial charge in [0.1, 0.15) is 0 Å². The molecule has 1 aliphatic carbocycles. The number of aryl methyl sites for hydroxylation is 3. The summed E-state index contributed by atoms with van der Waals surface area (Å²) in [7, 11) is -3.60. The van der Waals surface area contributed by atoms with Gasteiger partial charge >= 0.3 is 0 Å². The van der Waals surface area contributed by atoms with E-state index in [-0.39, 0.29) is 16.8 Å². The average Bonchev–Trinajstić information content (AvgIpc) is 3.09. The summed E-state index contributed by atoms with van der Waals surface area (Å²) in [5, 5.41) is 3.08. The van der Waals surface area contributed by atoms with E-state index in [0.717, 1.165) is 49.7 Å². The van der Waals surface area contributed by atoms with E-state index in [1.807, 2.05) is 13.8 Å². The molecule has 1 saturated heterocycles. The van der Waals surface area contributed by atoms with Crippen molar-refractivity contribution < 1.29 is 13.2 Å². The van der Waals surface area contributed by atoms with E-state index < -0.39 is 10.0 Å². The maximum atomic E-state index is 13.2. The highest BCUT2D eigenvalue weighted by Gasteiger charge is 2.26. The SMILES string of the molecule is Cc1ccc(S(=O)(=O)N2CCCCCC2)cc1C(=O)NC(C)c1ccc2c(c1)CCCC2. The van der Waals surface area contributed by atoms with Crippen molar-refractivity contribution in [1.82, 2.24) is 9.62 Å². The maximum Gasteiger partial charge on any atom is 0.252 e. The molecule has 0 bridgehead atoms. The van der Waals surface area contributed by atoms with Gasteiger partial charge < -0.3 is 5.32 Å². The first-order chi connectivity index (χ1) is 15.4. The third-order valence-electron chi connectivity index (χ3n) is 6.88. The smallest absolute Gasteiger partial charge is 0.252 e. The van der Waals surface area contributed by atoms with Crippen LogP contribution < -0.4 is 5.32 Å². The van der Waals surface area contributed by atoms with Crippen molar-refractivity contribution in [3.8, 4) is 0 Å². The molecule has 2 aromatic rings.